The minimum Gasteiger partial charge on any atom is -0.477 e. The molecule has 1 heterocycles. The summed E-state index contributed by atoms with van der Waals surface area (Å²) < 4.78 is 0. The number of carbonyl (C=O) groups is 1. The predicted molar refractivity (Wildman–Crippen MR) is 75.9 cm³/mol. The van der Waals surface area contributed by atoms with Gasteiger partial charge in [0.1, 0.15) is 0 Å². The van der Waals surface area contributed by atoms with E-state index in [1.165, 1.54) is 0 Å². The summed E-state index contributed by atoms with van der Waals surface area (Å²) in [6, 6.07) is 9.04. The zero-order chi connectivity index (χ0) is 14.1. The van der Waals surface area contributed by atoms with Crippen molar-refractivity contribution in [2.24, 2.45) is 5.92 Å². The number of fused-ring (bicyclic) bond motifs is 1. The largest absolute Gasteiger partial charge is 0.477 e. The number of benzene rings is 1. The number of aliphatic hydroxyl groups is 1. The molecule has 0 spiro atoms. The SMILES string of the molecule is O=C(O)c1cc(NCC2CC(O)C2)c2ccccc2n1. The molecule has 3 N–H and O–H groups in total. The van der Waals surface area contributed by atoms with Gasteiger partial charge in [0.05, 0.1) is 11.6 Å². The lowest BCUT2D eigenvalue weighted by atomic mass is 9.82. The number of carboxylic acid groups (broad SMARTS) is 1. The van der Waals surface area contributed by atoms with Gasteiger partial charge in [-0.1, -0.05) is 18.2 Å². The second-order valence-corrected chi connectivity index (χ2v) is 5.25. The molecule has 5 nitrogen and oxygen atoms in total. The summed E-state index contributed by atoms with van der Waals surface area (Å²) in [5.74, 6) is -0.580. The number of anilines is 1. The van der Waals surface area contributed by atoms with E-state index in [2.05, 4.69) is 10.3 Å². The average Bonchev–Trinajstić information content (AvgIpc) is 2.41. The van der Waals surface area contributed by atoms with Crippen LogP contribution in [0.5, 0.6) is 0 Å². The Kier molecular flexibility index (Phi) is 3.28. The van der Waals surface area contributed by atoms with Crippen LogP contribution in [-0.2, 0) is 0 Å². The Morgan fingerprint density at radius 3 is 2.80 bits per heavy atom. The molecule has 0 radical (unpaired) electrons. The number of nitrogens with zero attached hydrogens (tertiary/aromatic N) is 1. The number of pyridine rings is 1. The summed E-state index contributed by atoms with van der Waals surface area (Å²) in [6.45, 7) is 0.740. The van der Waals surface area contributed by atoms with Crippen molar-refractivity contribution in [1.29, 1.82) is 0 Å². The molecular weight excluding hydrogens is 256 g/mol. The van der Waals surface area contributed by atoms with Crippen molar-refractivity contribution < 1.29 is 15.0 Å². The van der Waals surface area contributed by atoms with E-state index in [-0.39, 0.29) is 11.8 Å². The first-order chi connectivity index (χ1) is 9.63. The maximum Gasteiger partial charge on any atom is 0.354 e. The van der Waals surface area contributed by atoms with Gasteiger partial charge < -0.3 is 15.5 Å². The number of hydrogen-bond donors (Lipinski definition) is 3. The number of aromatic nitrogens is 1. The molecule has 1 aliphatic rings. The van der Waals surface area contributed by atoms with Crippen LogP contribution in [0.25, 0.3) is 10.9 Å². The second-order valence-electron chi connectivity index (χ2n) is 5.25. The van der Waals surface area contributed by atoms with E-state index in [1.807, 2.05) is 18.2 Å². The first-order valence-electron chi connectivity index (χ1n) is 6.68. The molecule has 0 bridgehead atoms. The monoisotopic (exact) mass is 272 g/mol. The van der Waals surface area contributed by atoms with Crippen LogP contribution in [0.3, 0.4) is 0 Å². The molecule has 1 saturated carbocycles. The van der Waals surface area contributed by atoms with E-state index in [0.717, 1.165) is 30.5 Å². The molecule has 0 saturated heterocycles. The predicted octanol–water partition coefficient (Wildman–Crippen LogP) is 2.12. The highest BCUT2D eigenvalue weighted by Crippen LogP contribution is 2.29. The lowest BCUT2D eigenvalue weighted by molar-refractivity contribution is 0.0487. The Labute approximate surface area is 116 Å². The molecule has 3 rings (SSSR count). The Hall–Kier alpha value is -2.14. The fourth-order valence-electron chi connectivity index (χ4n) is 2.55. The Morgan fingerprint density at radius 2 is 2.10 bits per heavy atom. The van der Waals surface area contributed by atoms with E-state index in [9.17, 15) is 9.90 Å². The number of rotatable bonds is 4. The topological polar surface area (TPSA) is 82.5 Å². The van der Waals surface area contributed by atoms with Crippen LogP contribution in [-0.4, -0.2) is 33.8 Å². The summed E-state index contributed by atoms with van der Waals surface area (Å²) in [4.78, 5) is 15.3. The van der Waals surface area contributed by atoms with Gasteiger partial charge in [-0.2, -0.15) is 0 Å². The van der Waals surface area contributed by atoms with Gasteiger partial charge in [-0.3, -0.25) is 0 Å². The molecule has 1 aliphatic carbocycles. The number of aliphatic hydroxyl groups excluding tert-OH is 1. The third-order valence-electron chi connectivity index (χ3n) is 3.73. The van der Waals surface area contributed by atoms with Gasteiger partial charge in [0.15, 0.2) is 5.69 Å². The molecular formula is C15H16N2O3. The zero-order valence-electron chi connectivity index (χ0n) is 10.9. The van der Waals surface area contributed by atoms with E-state index in [4.69, 9.17) is 5.11 Å². The third kappa shape index (κ3) is 2.44. The molecule has 0 aliphatic heterocycles. The number of para-hydroxylation sites is 1. The van der Waals surface area contributed by atoms with Crippen LogP contribution in [0.4, 0.5) is 5.69 Å². The van der Waals surface area contributed by atoms with Crippen LogP contribution in [0.1, 0.15) is 23.3 Å². The van der Waals surface area contributed by atoms with Crippen molar-refractivity contribution in [3.05, 3.63) is 36.0 Å². The van der Waals surface area contributed by atoms with Crippen LogP contribution in [0.2, 0.25) is 0 Å². The summed E-state index contributed by atoms with van der Waals surface area (Å²) in [5.41, 5.74) is 1.50. The highest BCUT2D eigenvalue weighted by molar-refractivity contribution is 5.97. The number of hydrogen-bond acceptors (Lipinski definition) is 4. The number of nitrogens with one attached hydrogen (secondary N) is 1. The summed E-state index contributed by atoms with van der Waals surface area (Å²) in [7, 11) is 0. The minimum atomic E-state index is -1.03. The van der Waals surface area contributed by atoms with Gasteiger partial charge in [-0.25, -0.2) is 9.78 Å². The van der Waals surface area contributed by atoms with E-state index >= 15 is 0 Å². The fourth-order valence-corrected chi connectivity index (χ4v) is 2.55. The summed E-state index contributed by atoms with van der Waals surface area (Å²) >= 11 is 0. The van der Waals surface area contributed by atoms with Gasteiger partial charge in [0.25, 0.3) is 0 Å². The second kappa shape index (κ2) is 5.09. The van der Waals surface area contributed by atoms with Crippen LogP contribution >= 0.6 is 0 Å². The Balaban J connectivity index is 1.89. The third-order valence-corrected chi connectivity index (χ3v) is 3.73. The fraction of sp³-hybridized carbons (Fsp3) is 0.333. The van der Waals surface area contributed by atoms with Gasteiger partial charge in [0.2, 0.25) is 0 Å². The summed E-state index contributed by atoms with van der Waals surface area (Å²) in [6.07, 6.45) is 1.44. The quantitative estimate of drug-likeness (QED) is 0.794. The van der Waals surface area contributed by atoms with Gasteiger partial charge in [-0.05, 0) is 30.9 Å². The molecule has 0 amide bonds. The molecule has 0 unspecified atom stereocenters. The van der Waals surface area contributed by atoms with Crippen LogP contribution in [0, 0.1) is 5.92 Å². The molecule has 1 aromatic heterocycles. The maximum atomic E-state index is 11.1. The van der Waals surface area contributed by atoms with Crippen molar-refractivity contribution >= 4 is 22.6 Å². The van der Waals surface area contributed by atoms with E-state index in [0.29, 0.717) is 11.4 Å². The standard InChI is InChI=1S/C15H16N2O3/c18-10-5-9(6-10)8-16-13-7-14(15(19)20)17-12-4-2-1-3-11(12)13/h1-4,7,9-10,18H,5-6,8H2,(H,16,17)(H,19,20). The highest BCUT2D eigenvalue weighted by atomic mass is 16.4. The molecule has 2 aromatic rings. The maximum absolute atomic E-state index is 11.1. The first kappa shape index (κ1) is 12.9. The average molecular weight is 272 g/mol. The molecule has 1 aromatic carbocycles. The van der Waals surface area contributed by atoms with Crippen LogP contribution in [0.15, 0.2) is 30.3 Å². The zero-order valence-corrected chi connectivity index (χ0v) is 10.9. The highest BCUT2D eigenvalue weighted by Gasteiger charge is 2.26. The van der Waals surface area contributed by atoms with Crippen molar-refractivity contribution in [3.63, 3.8) is 0 Å². The number of carboxylic acids is 1. The Morgan fingerprint density at radius 1 is 1.35 bits per heavy atom. The Bertz CT molecular complexity index is 651. The number of aromatic carboxylic acids is 1. The van der Waals surface area contributed by atoms with Gasteiger partial charge in [0, 0.05) is 17.6 Å². The first-order valence-corrected chi connectivity index (χ1v) is 6.68. The van der Waals surface area contributed by atoms with Crippen molar-refractivity contribution in [3.8, 4) is 0 Å². The van der Waals surface area contributed by atoms with Crippen molar-refractivity contribution in [2.75, 3.05) is 11.9 Å². The normalized spacial score (nSPS) is 21.4. The van der Waals surface area contributed by atoms with Crippen LogP contribution < -0.4 is 5.32 Å². The van der Waals surface area contributed by atoms with E-state index in [1.54, 1.807) is 12.1 Å². The molecule has 104 valence electrons. The molecule has 1 fully saturated rings. The van der Waals surface area contributed by atoms with Gasteiger partial charge in [-0.15, -0.1) is 0 Å². The molecule has 20 heavy (non-hydrogen) atoms. The van der Waals surface area contributed by atoms with E-state index < -0.39 is 5.97 Å². The molecule has 5 heteroatoms. The minimum absolute atomic E-state index is 0.0415. The summed E-state index contributed by atoms with van der Waals surface area (Å²) in [5, 5.41) is 22.6. The van der Waals surface area contributed by atoms with Crippen molar-refractivity contribution in [1.82, 2.24) is 4.98 Å². The van der Waals surface area contributed by atoms with Crippen molar-refractivity contribution in [2.45, 2.75) is 18.9 Å². The lowest BCUT2D eigenvalue weighted by Gasteiger charge is -2.31. The smallest absolute Gasteiger partial charge is 0.354 e. The van der Waals surface area contributed by atoms with Gasteiger partial charge >= 0.3 is 5.97 Å². The molecule has 0 atom stereocenters. The lowest BCUT2D eigenvalue weighted by Crippen LogP contribution is -2.33.